The third-order valence-corrected chi connectivity index (χ3v) is 7.73. The summed E-state index contributed by atoms with van der Waals surface area (Å²) in [7, 11) is -4.14. The molecule has 1 amide bonds. The number of aromatic nitrogens is 1. The van der Waals surface area contributed by atoms with Gasteiger partial charge in [-0.2, -0.15) is 0 Å². The third kappa shape index (κ3) is 4.67. The van der Waals surface area contributed by atoms with Crippen LogP contribution in [-0.4, -0.2) is 25.4 Å². The van der Waals surface area contributed by atoms with Crippen molar-refractivity contribution in [1.29, 1.82) is 0 Å². The average Bonchev–Trinajstić information content (AvgIpc) is 3.12. The standard InChI is InChI=1S/C23H20FN3O4S2/c1-2-26-20-13-10-17(14-21(20)32-23(26)29)25-22(28)15-27(18-6-4-3-5-7-18)33(30,31)19-11-8-16(24)9-12-19/h3-14H,2,15H2,1H3,(H,25,28). The molecule has 3 aromatic carbocycles. The second kappa shape index (κ2) is 9.16. The molecule has 0 aliphatic heterocycles. The molecule has 0 fully saturated rings. The molecule has 0 spiro atoms. The number of rotatable bonds is 7. The average molecular weight is 486 g/mol. The molecule has 4 rings (SSSR count). The predicted molar refractivity (Wildman–Crippen MR) is 128 cm³/mol. The van der Waals surface area contributed by atoms with Gasteiger partial charge in [-0.05, 0) is 61.5 Å². The van der Waals surface area contributed by atoms with Crippen LogP contribution in [0.2, 0.25) is 0 Å². The molecule has 1 aromatic heterocycles. The number of para-hydroxylation sites is 1. The van der Waals surface area contributed by atoms with Gasteiger partial charge in [0.05, 0.1) is 20.8 Å². The van der Waals surface area contributed by atoms with Gasteiger partial charge in [0.15, 0.2) is 0 Å². The van der Waals surface area contributed by atoms with E-state index in [2.05, 4.69) is 5.32 Å². The van der Waals surface area contributed by atoms with Crippen LogP contribution in [0.4, 0.5) is 15.8 Å². The SMILES string of the molecule is CCn1c(=O)sc2cc(NC(=O)CN(c3ccccc3)S(=O)(=O)c3ccc(F)cc3)ccc21. The number of carbonyl (C=O) groups is 1. The van der Waals surface area contributed by atoms with Crippen LogP contribution < -0.4 is 14.5 Å². The van der Waals surface area contributed by atoms with Gasteiger partial charge in [0.2, 0.25) is 5.91 Å². The summed E-state index contributed by atoms with van der Waals surface area (Å²) in [5.74, 6) is -1.13. The van der Waals surface area contributed by atoms with Crippen LogP contribution in [0.15, 0.2) is 82.5 Å². The van der Waals surface area contributed by atoms with Crippen LogP contribution in [0.25, 0.3) is 10.2 Å². The van der Waals surface area contributed by atoms with Crippen molar-refractivity contribution in [2.75, 3.05) is 16.2 Å². The number of nitrogens with zero attached hydrogens (tertiary/aromatic N) is 2. The van der Waals surface area contributed by atoms with Gasteiger partial charge in [0, 0.05) is 12.2 Å². The monoisotopic (exact) mass is 485 g/mol. The zero-order valence-corrected chi connectivity index (χ0v) is 19.2. The Morgan fingerprint density at radius 2 is 1.76 bits per heavy atom. The number of sulfonamides is 1. The topological polar surface area (TPSA) is 88.5 Å². The number of halogens is 1. The van der Waals surface area contributed by atoms with Crippen molar-refractivity contribution in [3.63, 3.8) is 0 Å². The maximum atomic E-state index is 13.3. The first-order chi connectivity index (χ1) is 15.8. The Balaban J connectivity index is 1.62. The molecule has 0 atom stereocenters. The van der Waals surface area contributed by atoms with Gasteiger partial charge in [-0.3, -0.25) is 18.5 Å². The number of thiazole rings is 1. The van der Waals surface area contributed by atoms with Gasteiger partial charge >= 0.3 is 4.87 Å². The first kappa shape index (κ1) is 22.7. The molecule has 0 radical (unpaired) electrons. The summed E-state index contributed by atoms with van der Waals surface area (Å²) in [5, 5.41) is 2.70. The number of amides is 1. The van der Waals surface area contributed by atoms with Gasteiger partial charge in [-0.1, -0.05) is 29.5 Å². The first-order valence-electron chi connectivity index (χ1n) is 10.1. The Kier molecular flexibility index (Phi) is 6.30. The fourth-order valence-electron chi connectivity index (χ4n) is 3.42. The maximum absolute atomic E-state index is 13.3. The number of hydrogen-bond acceptors (Lipinski definition) is 5. The lowest BCUT2D eigenvalue weighted by Gasteiger charge is -2.24. The van der Waals surface area contributed by atoms with E-state index in [0.29, 0.717) is 17.9 Å². The normalized spacial score (nSPS) is 11.5. The lowest BCUT2D eigenvalue weighted by atomic mass is 10.3. The molecule has 0 saturated heterocycles. The van der Waals surface area contributed by atoms with Crippen molar-refractivity contribution in [1.82, 2.24) is 4.57 Å². The van der Waals surface area contributed by atoms with E-state index in [0.717, 1.165) is 50.1 Å². The molecule has 170 valence electrons. The van der Waals surface area contributed by atoms with Crippen molar-refractivity contribution in [2.24, 2.45) is 0 Å². The van der Waals surface area contributed by atoms with Crippen molar-refractivity contribution >= 4 is 48.9 Å². The summed E-state index contributed by atoms with van der Waals surface area (Å²) in [6.45, 7) is 1.93. The van der Waals surface area contributed by atoms with Gasteiger partial charge in [-0.25, -0.2) is 12.8 Å². The predicted octanol–water partition coefficient (Wildman–Crippen LogP) is 4.06. The largest absolute Gasteiger partial charge is 0.324 e. The highest BCUT2D eigenvalue weighted by atomic mass is 32.2. The zero-order chi connectivity index (χ0) is 23.6. The van der Waals surface area contributed by atoms with E-state index in [1.807, 2.05) is 6.92 Å². The van der Waals surface area contributed by atoms with Crippen LogP contribution in [0, 0.1) is 5.82 Å². The second-order valence-corrected chi connectivity index (χ2v) is 10.00. The molecule has 0 aliphatic carbocycles. The Bertz CT molecular complexity index is 1460. The lowest BCUT2D eigenvalue weighted by molar-refractivity contribution is -0.114. The van der Waals surface area contributed by atoms with E-state index in [4.69, 9.17) is 0 Å². The van der Waals surface area contributed by atoms with Gasteiger partial charge < -0.3 is 5.32 Å². The van der Waals surface area contributed by atoms with E-state index in [1.165, 1.54) is 0 Å². The number of nitrogens with one attached hydrogen (secondary N) is 1. The number of hydrogen-bond donors (Lipinski definition) is 1. The summed E-state index contributed by atoms with van der Waals surface area (Å²) < 4.78 is 43.2. The van der Waals surface area contributed by atoms with Crippen LogP contribution in [0.5, 0.6) is 0 Å². The molecule has 10 heteroatoms. The fourth-order valence-corrected chi connectivity index (χ4v) is 5.83. The number of benzene rings is 3. The molecule has 1 N–H and O–H groups in total. The summed E-state index contributed by atoms with van der Waals surface area (Å²) in [6.07, 6.45) is 0. The smallest absolute Gasteiger partial charge is 0.308 e. The van der Waals surface area contributed by atoms with E-state index >= 15 is 0 Å². The van der Waals surface area contributed by atoms with Crippen LogP contribution >= 0.6 is 11.3 Å². The number of carbonyl (C=O) groups excluding carboxylic acids is 1. The Morgan fingerprint density at radius 1 is 1.06 bits per heavy atom. The number of anilines is 2. The highest BCUT2D eigenvalue weighted by Gasteiger charge is 2.27. The van der Waals surface area contributed by atoms with Crippen LogP contribution in [-0.2, 0) is 21.4 Å². The van der Waals surface area contributed by atoms with Crippen LogP contribution in [0.3, 0.4) is 0 Å². The zero-order valence-electron chi connectivity index (χ0n) is 17.6. The second-order valence-electron chi connectivity index (χ2n) is 7.14. The highest BCUT2D eigenvalue weighted by Crippen LogP contribution is 2.25. The number of aryl methyl sites for hydroxylation is 1. The Hall–Kier alpha value is -3.50. The van der Waals surface area contributed by atoms with E-state index in [9.17, 15) is 22.4 Å². The highest BCUT2D eigenvalue weighted by molar-refractivity contribution is 7.92. The van der Waals surface area contributed by atoms with Gasteiger partial charge in [0.1, 0.15) is 12.4 Å². The summed E-state index contributed by atoms with van der Waals surface area (Å²) >= 11 is 1.08. The minimum absolute atomic E-state index is 0.0865. The first-order valence-corrected chi connectivity index (χ1v) is 12.3. The van der Waals surface area contributed by atoms with E-state index in [-0.39, 0.29) is 9.77 Å². The lowest BCUT2D eigenvalue weighted by Crippen LogP contribution is -2.38. The molecular weight excluding hydrogens is 465 g/mol. The van der Waals surface area contributed by atoms with E-state index < -0.39 is 28.3 Å². The molecule has 33 heavy (non-hydrogen) atoms. The molecule has 7 nitrogen and oxygen atoms in total. The van der Waals surface area contributed by atoms with Crippen molar-refractivity contribution < 1.29 is 17.6 Å². The minimum Gasteiger partial charge on any atom is -0.324 e. The van der Waals surface area contributed by atoms with Crippen LogP contribution in [0.1, 0.15) is 6.92 Å². The third-order valence-electron chi connectivity index (χ3n) is 5.00. The molecule has 1 heterocycles. The molecule has 0 bridgehead atoms. The van der Waals surface area contributed by atoms with Gasteiger partial charge in [0.25, 0.3) is 10.0 Å². The molecule has 0 saturated carbocycles. The summed E-state index contributed by atoms with van der Waals surface area (Å²) in [5.41, 5.74) is 1.52. The maximum Gasteiger partial charge on any atom is 0.308 e. The van der Waals surface area contributed by atoms with Crippen molar-refractivity contribution in [3.8, 4) is 0 Å². The molecule has 0 unspecified atom stereocenters. The molecule has 4 aromatic rings. The Labute approximate surface area is 193 Å². The summed E-state index contributed by atoms with van der Waals surface area (Å²) in [4.78, 5) is 24.7. The molecule has 0 aliphatic rings. The quantitative estimate of drug-likeness (QED) is 0.428. The van der Waals surface area contributed by atoms with Gasteiger partial charge in [-0.15, -0.1) is 0 Å². The molecular formula is C23H20FN3O4S2. The Morgan fingerprint density at radius 3 is 2.42 bits per heavy atom. The minimum atomic E-state index is -4.14. The van der Waals surface area contributed by atoms with Crippen molar-refractivity contribution in [2.45, 2.75) is 18.4 Å². The summed E-state index contributed by atoms with van der Waals surface area (Å²) in [6, 6.07) is 17.7. The van der Waals surface area contributed by atoms with Crippen molar-refractivity contribution in [3.05, 3.63) is 88.3 Å². The fraction of sp³-hybridized carbons (Fsp3) is 0.130. The van der Waals surface area contributed by atoms with E-state index in [1.54, 1.807) is 53.1 Å². The number of fused-ring (bicyclic) bond motifs is 1.